The van der Waals surface area contributed by atoms with Crippen molar-refractivity contribution in [2.24, 2.45) is 23.7 Å². The Labute approximate surface area is 89.5 Å². The summed E-state index contributed by atoms with van der Waals surface area (Å²) in [7, 11) is 0. The second-order valence-corrected chi connectivity index (χ2v) is 5.94. The normalized spacial score (nSPS) is 36.4. The molecule has 0 spiro atoms. The van der Waals surface area contributed by atoms with Crippen LogP contribution in [0, 0.1) is 23.7 Å². The largest absolute Gasteiger partial charge is 0.0622 e. The van der Waals surface area contributed by atoms with Crippen molar-refractivity contribution >= 4 is 0 Å². The highest BCUT2D eigenvalue weighted by atomic mass is 14.4. The highest BCUT2D eigenvalue weighted by Crippen LogP contribution is 2.41. The summed E-state index contributed by atoms with van der Waals surface area (Å²) in [5, 5.41) is 0. The van der Waals surface area contributed by atoms with E-state index in [4.69, 9.17) is 0 Å². The van der Waals surface area contributed by atoms with Crippen LogP contribution >= 0.6 is 0 Å². The van der Waals surface area contributed by atoms with E-state index < -0.39 is 0 Å². The molecule has 0 bridgehead atoms. The Hall–Kier alpha value is 0. The van der Waals surface area contributed by atoms with Gasteiger partial charge in [0, 0.05) is 0 Å². The minimum Gasteiger partial charge on any atom is -0.0622 e. The first-order valence-corrected chi connectivity index (χ1v) is 6.77. The molecule has 14 heavy (non-hydrogen) atoms. The fourth-order valence-corrected chi connectivity index (χ4v) is 3.97. The molecule has 3 unspecified atom stereocenters. The van der Waals surface area contributed by atoms with Crippen LogP contribution in [-0.4, -0.2) is 0 Å². The molecule has 0 nitrogen and oxygen atoms in total. The van der Waals surface area contributed by atoms with Gasteiger partial charge in [0.1, 0.15) is 0 Å². The van der Waals surface area contributed by atoms with E-state index in [2.05, 4.69) is 13.8 Å². The lowest BCUT2D eigenvalue weighted by Crippen LogP contribution is -2.16. The average molecular weight is 194 g/mol. The second kappa shape index (κ2) is 4.68. The molecule has 0 aromatic rings. The summed E-state index contributed by atoms with van der Waals surface area (Å²) >= 11 is 0. The first-order valence-electron chi connectivity index (χ1n) is 6.77. The molecule has 0 aromatic heterocycles. The molecule has 0 amide bonds. The molecular weight excluding hydrogens is 168 g/mol. The zero-order chi connectivity index (χ0) is 9.97. The molecule has 0 heteroatoms. The maximum atomic E-state index is 2.52. The van der Waals surface area contributed by atoms with Crippen molar-refractivity contribution in [3.8, 4) is 0 Å². The van der Waals surface area contributed by atoms with Crippen molar-refractivity contribution in [1.82, 2.24) is 0 Å². The van der Waals surface area contributed by atoms with Crippen molar-refractivity contribution in [3.63, 3.8) is 0 Å². The highest BCUT2D eigenvalue weighted by molar-refractivity contribution is 4.81. The fourth-order valence-electron chi connectivity index (χ4n) is 3.97. The molecule has 0 N–H and O–H groups in total. The van der Waals surface area contributed by atoms with E-state index in [1.54, 1.807) is 0 Å². The van der Waals surface area contributed by atoms with Crippen LogP contribution in [-0.2, 0) is 0 Å². The Balaban J connectivity index is 1.78. The third-order valence-electron chi connectivity index (χ3n) is 4.84. The molecule has 2 saturated carbocycles. The topological polar surface area (TPSA) is 0 Å². The Bertz CT molecular complexity index is 167. The number of hydrogen-bond donors (Lipinski definition) is 0. The SMILES string of the molecule is CC1CCCC1C(C)CC1CCCC1. The van der Waals surface area contributed by atoms with E-state index in [0.717, 1.165) is 23.7 Å². The van der Waals surface area contributed by atoms with Gasteiger partial charge < -0.3 is 0 Å². The summed E-state index contributed by atoms with van der Waals surface area (Å²) in [5.41, 5.74) is 0. The third-order valence-corrected chi connectivity index (χ3v) is 4.84. The number of rotatable bonds is 3. The van der Waals surface area contributed by atoms with Gasteiger partial charge in [0.05, 0.1) is 0 Å². The quantitative estimate of drug-likeness (QED) is 0.614. The molecule has 0 aromatic carbocycles. The monoisotopic (exact) mass is 194 g/mol. The van der Waals surface area contributed by atoms with Crippen molar-refractivity contribution in [2.45, 2.75) is 65.2 Å². The summed E-state index contributed by atoms with van der Waals surface area (Å²) in [6, 6.07) is 0. The van der Waals surface area contributed by atoms with Crippen LogP contribution in [0.2, 0.25) is 0 Å². The van der Waals surface area contributed by atoms with Crippen LogP contribution in [0.5, 0.6) is 0 Å². The van der Waals surface area contributed by atoms with Gasteiger partial charge in [-0.15, -0.1) is 0 Å². The first-order chi connectivity index (χ1) is 6.77. The molecule has 2 rings (SSSR count). The first kappa shape index (κ1) is 10.5. The fraction of sp³-hybridized carbons (Fsp3) is 1.00. The Morgan fingerprint density at radius 3 is 2.29 bits per heavy atom. The predicted octanol–water partition coefficient (Wildman–Crippen LogP) is 4.64. The molecule has 82 valence electrons. The smallest absolute Gasteiger partial charge is 0.0363 e. The molecule has 2 aliphatic rings. The third kappa shape index (κ3) is 2.32. The van der Waals surface area contributed by atoms with Crippen molar-refractivity contribution in [1.29, 1.82) is 0 Å². The molecule has 2 fully saturated rings. The van der Waals surface area contributed by atoms with Gasteiger partial charge in [0.2, 0.25) is 0 Å². The van der Waals surface area contributed by atoms with E-state index in [0.29, 0.717) is 0 Å². The molecule has 3 atom stereocenters. The van der Waals surface area contributed by atoms with E-state index in [1.165, 1.54) is 51.4 Å². The van der Waals surface area contributed by atoms with Crippen molar-refractivity contribution < 1.29 is 0 Å². The van der Waals surface area contributed by atoms with Crippen molar-refractivity contribution in [2.75, 3.05) is 0 Å². The number of hydrogen-bond acceptors (Lipinski definition) is 0. The summed E-state index contributed by atoms with van der Waals surface area (Å²) in [4.78, 5) is 0. The van der Waals surface area contributed by atoms with Crippen LogP contribution in [0.3, 0.4) is 0 Å². The van der Waals surface area contributed by atoms with Crippen molar-refractivity contribution in [3.05, 3.63) is 0 Å². The lowest BCUT2D eigenvalue weighted by atomic mass is 9.80. The molecule has 2 aliphatic carbocycles. The molecule has 0 heterocycles. The van der Waals surface area contributed by atoms with Gasteiger partial charge in [0.25, 0.3) is 0 Å². The standard InChI is InChI=1S/C14H26/c1-11-6-5-9-14(11)12(2)10-13-7-3-4-8-13/h11-14H,3-10H2,1-2H3. The van der Waals surface area contributed by atoms with Crippen LogP contribution in [0.1, 0.15) is 65.2 Å². The highest BCUT2D eigenvalue weighted by Gasteiger charge is 2.30. The molecular formula is C14H26. The molecule has 0 aliphatic heterocycles. The minimum atomic E-state index is 1.01. The summed E-state index contributed by atoms with van der Waals surface area (Å²) < 4.78 is 0. The Kier molecular flexibility index (Phi) is 3.52. The zero-order valence-corrected chi connectivity index (χ0v) is 9.97. The summed E-state index contributed by atoms with van der Waals surface area (Å²) in [6.45, 7) is 4.99. The minimum absolute atomic E-state index is 1.01. The van der Waals surface area contributed by atoms with Gasteiger partial charge in [0.15, 0.2) is 0 Å². The van der Waals surface area contributed by atoms with Gasteiger partial charge in [-0.25, -0.2) is 0 Å². The average Bonchev–Trinajstić information content (AvgIpc) is 2.75. The zero-order valence-electron chi connectivity index (χ0n) is 9.97. The Morgan fingerprint density at radius 2 is 1.71 bits per heavy atom. The maximum Gasteiger partial charge on any atom is -0.0363 e. The van der Waals surface area contributed by atoms with E-state index in [1.807, 2.05) is 0 Å². The lowest BCUT2D eigenvalue weighted by molar-refractivity contribution is 0.246. The second-order valence-electron chi connectivity index (χ2n) is 5.94. The van der Waals surface area contributed by atoms with Gasteiger partial charge in [-0.05, 0) is 36.5 Å². The van der Waals surface area contributed by atoms with Gasteiger partial charge >= 0.3 is 0 Å². The van der Waals surface area contributed by atoms with Crippen LogP contribution < -0.4 is 0 Å². The molecule has 0 radical (unpaired) electrons. The maximum absolute atomic E-state index is 2.52. The van der Waals surface area contributed by atoms with E-state index in [-0.39, 0.29) is 0 Å². The Morgan fingerprint density at radius 1 is 1.00 bits per heavy atom. The van der Waals surface area contributed by atoms with Crippen LogP contribution in [0.15, 0.2) is 0 Å². The van der Waals surface area contributed by atoms with Gasteiger partial charge in [-0.3, -0.25) is 0 Å². The molecule has 0 saturated heterocycles. The van der Waals surface area contributed by atoms with Crippen LogP contribution in [0.25, 0.3) is 0 Å². The van der Waals surface area contributed by atoms with E-state index in [9.17, 15) is 0 Å². The van der Waals surface area contributed by atoms with Crippen LogP contribution in [0.4, 0.5) is 0 Å². The van der Waals surface area contributed by atoms with E-state index >= 15 is 0 Å². The predicted molar refractivity (Wildman–Crippen MR) is 62.2 cm³/mol. The lowest BCUT2D eigenvalue weighted by Gasteiger charge is -2.25. The summed E-state index contributed by atoms with van der Waals surface area (Å²) in [6.07, 6.45) is 12.1. The van der Waals surface area contributed by atoms with Gasteiger partial charge in [-0.1, -0.05) is 52.4 Å². The summed E-state index contributed by atoms with van der Waals surface area (Å²) in [5.74, 6) is 4.19. The van der Waals surface area contributed by atoms with Gasteiger partial charge in [-0.2, -0.15) is 0 Å².